The normalized spacial score (nSPS) is 14.0. The lowest BCUT2D eigenvalue weighted by Gasteiger charge is -2.22. The summed E-state index contributed by atoms with van der Waals surface area (Å²) in [6.07, 6.45) is 7.90. The number of pyridine rings is 2. The van der Waals surface area contributed by atoms with E-state index < -0.39 is 6.03 Å². The Morgan fingerprint density at radius 2 is 1.60 bits per heavy atom. The second-order valence-electron chi connectivity index (χ2n) is 12.0. The molecule has 1 fully saturated rings. The molecule has 0 radical (unpaired) electrons. The first-order valence-electron chi connectivity index (χ1n) is 15.2. The van der Waals surface area contributed by atoms with Crippen LogP contribution in [-0.2, 0) is 7.05 Å². The Balaban J connectivity index is 1.54. The van der Waals surface area contributed by atoms with Crippen LogP contribution in [0.15, 0.2) is 65.6 Å². The van der Waals surface area contributed by atoms with Gasteiger partial charge in [-0.25, -0.2) is 9.78 Å². The summed E-state index contributed by atoms with van der Waals surface area (Å²) in [5.41, 5.74) is 4.72. The van der Waals surface area contributed by atoms with Crippen LogP contribution in [0.1, 0.15) is 82.8 Å². The van der Waals surface area contributed by atoms with Gasteiger partial charge in [-0.15, -0.1) is 0 Å². The molecule has 2 heterocycles. The van der Waals surface area contributed by atoms with Crippen LogP contribution in [-0.4, -0.2) is 22.2 Å². The highest BCUT2D eigenvalue weighted by molar-refractivity contribution is 6.07. The number of carbonyl (C=O) groups is 1. The number of amides is 2. The number of aryl methyl sites for hydroxylation is 1. The van der Waals surface area contributed by atoms with Crippen molar-refractivity contribution in [2.45, 2.75) is 71.6 Å². The fourth-order valence-electron chi connectivity index (χ4n) is 6.04. The number of benzene rings is 2. The van der Waals surface area contributed by atoms with Crippen LogP contribution >= 0.6 is 0 Å². The van der Waals surface area contributed by atoms with E-state index in [1.54, 1.807) is 13.2 Å². The van der Waals surface area contributed by atoms with Gasteiger partial charge < -0.3 is 15.4 Å². The van der Waals surface area contributed by atoms with Crippen LogP contribution in [0.3, 0.4) is 0 Å². The Bertz CT molecular complexity index is 1610. The lowest BCUT2D eigenvalue weighted by Crippen LogP contribution is -2.29. The number of anilines is 2. The van der Waals surface area contributed by atoms with Crippen molar-refractivity contribution in [1.29, 1.82) is 0 Å². The Labute approximate surface area is 248 Å². The molecule has 2 aromatic heterocycles. The Hall–Kier alpha value is -4.13. The topological polar surface area (TPSA) is 85.2 Å². The molecule has 2 aromatic carbocycles. The second kappa shape index (κ2) is 12.8. The zero-order valence-corrected chi connectivity index (χ0v) is 25.4. The molecule has 0 bridgehead atoms. The van der Waals surface area contributed by atoms with Gasteiger partial charge in [-0.05, 0) is 71.6 Å². The lowest BCUT2D eigenvalue weighted by molar-refractivity contribution is 0.209. The van der Waals surface area contributed by atoms with Gasteiger partial charge in [-0.3, -0.25) is 9.36 Å². The number of urea groups is 1. The Morgan fingerprint density at radius 1 is 0.929 bits per heavy atom. The molecule has 220 valence electrons. The van der Waals surface area contributed by atoms with E-state index in [1.165, 1.54) is 36.7 Å². The van der Waals surface area contributed by atoms with Gasteiger partial charge in [0.25, 0.3) is 5.56 Å². The number of nitrogens with one attached hydrogen (secondary N) is 2. The van der Waals surface area contributed by atoms with Gasteiger partial charge in [0.2, 0.25) is 0 Å². The molecule has 5 rings (SSSR count). The summed E-state index contributed by atoms with van der Waals surface area (Å²) in [4.78, 5) is 31.9. The SMILES string of the molecule is CC(C)c1cccc(C(C)C)c1NC(=O)Nc1c(-c2cccc(OCC3CCCCC3)c2)c2cccnc2n(C)c1=O. The van der Waals surface area contributed by atoms with Crippen LogP contribution in [0.25, 0.3) is 22.2 Å². The number of hydrogen-bond acceptors (Lipinski definition) is 4. The zero-order valence-electron chi connectivity index (χ0n) is 25.4. The maximum absolute atomic E-state index is 13.8. The van der Waals surface area contributed by atoms with E-state index in [1.807, 2.05) is 54.6 Å². The molecule has 0 aliphatic heterocycles. The number of hydrogen-bond donors (Lipinski definition) is 2. The third-order valence-electron chi connectivity index (χ3n) is 8.33. The van der Waals surface area contributed by atoms with E-state index in [4.69, 9.17) is 4.74 Å². The van der Waals surface area contributed by atoms with Crippen molar-refractivity contribution in [3.63, 3.8) is 0 Å². The molecular weight excluding hydrogens is 524 g/mol. The minimum absolute atomic E-state index is 0.202. The smallest absolute Gasteiger partial charge is 0.323 e. The molecular formula is C35H42N4O3. The van der Waals surface area contributed by atoms with Gasteiger partial charge in [-0.2, -0.15) is 0 Å². The Kier molecular flexibility index (Phi) is 8.95. The summed E-state index contributed by atoms with van der Waals surface area (Å²) in [5, 5.41) is 6.80. The maximum atomic E-state index is 13.8. The van der Waals surface area contributed by atoms with Crippen molar-refractivity contribution >= 4 is 28.4 Å². The Morgan fingerprint density at radius 3 is 2.29 bits per heavy atom. The van der Waals surface area contributed by atoms with Gasteiger partial charge in [0.15, 0.2) is 0 Å². The number of aromatic nitrogens is 2. The van der Waals surface area contributed by atoms with Crippen molar-refractivity contribution in [3.05, 3.63) is 82.3 Å². The van der Waals surface area contributed by atoms with Gasteiger partial charge >= 0.3 is 6.03 Å². The van der Waals surface area contributed by atoms with Crippen LogP contribution in [0.4, 0.5) is 16.2 Å². The monoisotopic (exact) mass is 566 g/mol. The standard InChI is InChI=1S/C35H42N4O3/c1-22(2)27-16-10-17-28(23(3)4)31(27)37-35(41)38-32-30(29-18-11-19-36-33(29)39(5)34(32)40)25-14-9-15-26(20-25)42-21-24-12-7-6-8-13-24/h9-11,14-20,22-24H,6-8,12-13,21H2,1-5H3,(H2,37,38,41). The van der Waals surface area contributed by atoms with Gasteiger partial charge in [0.1, 0.15) is 17.1 Å². The van der Waals surface area contributed by atoms with Gasteiger partial charge in [0.05, 0.1) is 6.61 Å². The minimum Gasteiger partial charge on any atom is -0.493 e. The van der Waals surface area contributed by atoms with E-state index in [-0.39, 0.29) is 23.1 Å². The number of fused-ring (bicyclic) bond motifs is 1. The van der Waals surface area contributed by atoms with Crippen LogP contribution in [0.2, 0.25) is 0 Å². The summed E-state index contributed by atoms with van der Waals surface area (Å²) >= 11 is 0. The predicted molar refractivity (Wildman–Crippen MR) is 172 cm³/mol. The molecule has 2 amide bonds. The van der Waals surface area contributed by atoms with Crippen molar-refractivity contribution < 1.29 is 9.53 Å². The third-order valence-corrected chi connectivity index (χ3v) is 8.33. The maximum Gasteiger partial charge on any atom is 0.323 e. The van der Waals surface area contributed by atoms with E-state index in [0.717, 1.165) is 33.5 Å². The summed E-state index contributed by atoms with van der Waals surface area (Å²) in [5.74, 6) is 1.75. The molecule has 7 heteroatoms. The number of carbonyl (C=O) groups excluding carboxylic acids is 1. The predicted octanol–water partition coefficient (Wildman–Crippen LogP) is 8.45. The first kappa shape index (κ1) is 29.4. The number of rotatable bonds is 8. The lowest BCUT2D eigenvalue weighted by atomic mass is 9.90. The molecule has 4 aromatic rings. The van der Waals surface area contributed by atoms with Crippen molar-refractivity contribution in [2.75, 3.05) is 17.2 Å². The van der Waals surface area contributed by atoms with Crippen LogP contribution < -0.4 is 20.9 Å². The van der Waals surface area contributed by atoms with E-state index >= 15 is 0 Å². The molecule has 1 saturated carbocycles. The highest BCUT2D eigenvalue weighted by Gasteiger charge is 2.22. The number of para-hydroxylation sites is 1. The average molecular weight is 567 g/mol. The molecule has 0 spiro atoms. The summed E-state index contributed by atoms with van der Waals surface area (Å²) in [7, 11) is 1.68. The largest absolute Gasteiger partial charge is 0.493 e. The molecule has 42 heavy (non-hydrogen) atoms. The summed E-state index contributed by atoms with van der Waals surface area (Å²) in [6, 6.07) is 17.2. The first-order chi connectivity index (χ1) is 20.2. The van der Waals surface area contributed by atoms with Crippen molar-refractivity contribution in [2.24, 2.45) is 13.0 Å². The molecule has 0 unspecified atom stereocenters. The third kappa shape index (κ3) is 6.20. The fourth-order valence-corrected chi connectivity index (χ4v) is 6.04. The van der Waals surface area contributed by atoms with Crippen molar-refractivity contribution in [3.8, 4) is 16.9 Å². The number of nitrogens with zero attached hydrogens (tertiary/aromatic N) is 2. The second-order valence-corrected chi connectivity index (χ2v) is 12.0. The molecule has 0 saturated heterocycles. The summed E-state index contributed by atoms with van der Waals surface area (Å²) in [6.45, 7) is 9.11. The van der Waals surface area contributed by atoms with E-state index in [0.29, 0.717) is 23.7 Å². The minimum atomic E-state index is -0.462. The summed E-state index contributed by atoms with van der Waals surface area (Å²) < 4.78 is 7.73. The fraction of sp³-hybridized carbons (Fsp3) is 0.400. The van der Waals surface area contributed by atoms with E-state index in [2.05, 4.69) is 43.3 Å². The molecule has 0 atom stereocenters. The molecule has 1 aliphatic carbocycles. The van der Waals surface area contributed by atoms with Gasteiger partial charge in [0, 0.05) is 29.9 Å². The first-order valence-corrected chi connectivity index (χ1v) is 15.2. The molecule has 2 N–H and O–H groups in total. The van der Waals surface area contributed by atoms with E-state index in [9.17, 15) is 9.59 Å². The quantitative estimate of drug-likeness (QED) is 0.224. The highest BCUT2D eigenvalue weighted by Crippen LogP contribution is 2.36. The van der Waals surface area contributed by atoms with Gasteiger partial charge in [-0.1, -0.05) is 77.3 Å². The van der Waals surface area contributed by atoms with Crippen molar-refractivity contribution in [1.82, 2.24) is 9.55 Å². The molecule has 1 aliphatic rings. The zero-order chi connectivity index (χ0) is 29.8. The highest BCUT2D eigenvalue weighted by atomic mass is 16.5. The van der Waals surface area contributed by atoms with Crippen LogP contribution in [0.5, 0.6) is 5.75 Å². The van der Waals surface area contributed by atoms with Crippen LogP contribution in [0, 0.1) is 5.92 Å². The number of ether oxygens (including phenoxy) is 1. The average Bonchev–Trinajstić information content (AvgIpc) is 2.99. The molecule has 7 nitrogen and oxygen atoms in total.